The molecule has 0 fully saturated rings. The van der Waals surface area contributed by atoms with E-state index in [4.69, 9.17) is 9.84 Å². The number of rotatable bonds is 28. The maximum Gasteiger partial charge on any atom is 0.306 e. The number of unbranched alkanes of at least 4 members (excludes halogenated alkanes) is 9. The van der Waals surface area contributed by atoms with Gasteiger partial charge in [0.15, 0.2) is 0 Å². The number of ether oxygens (including phenoxy) is 1. The molecule has 0 aromatic rings. The van der Waals surface area contributed by atoms with E-state index in [1.807, 2.05) is 0 Å². The predicted molar refractivity (Wildman–Crippen MR) is 172 cm³/mol. The largest absolute Gasteiger partial charge is 0.481 e. The second-order valence-electron chi connectivity index (χ2n) is 10.6. The summed E-state index contributed by atoms with van der Waals surface area (Å²) in [5.74, 6) is -0.732. The zero-order valence-corrected chi connectivity index (χ0v) is 25.9. The Morgan fingerprint density at radius 1 is 0.575 bits per heavy atom. The zero-order chi connectivity index (χ0) is 29.4. The molecule has 1 N–H and O–H groups in total. The monoisotopic (exact) mass is 556 g/mol. The van der Waals surface area contributed by atoms with Crippen molar-refractivity contribution in [2.45, 2.75) is 155 Å². The summed E-state index contributed by atoms with van der Waals surface area (Å²) in [7, 11) is 0. The van der Waals surface area contributed by atoms with Crippen LogP contribution < -0.4 is 0 Å². The first-order valence-corrected chi connectivity index (χ1v) is 16.3. The lowest BCUT2D eigenvalue weighted by atomic mass is 10.0. The molecule has 0 aliphatic rings. The fourth-order valence-electron chi connectivity index (χ4n) is 4.44. The van der Waals surface area contributed by atoms with Gasteiger partial charge >= 0.3 is 11.9 Å². The summed E-state index contributed by atoms with van der Waals surface area (Å²) < 4.78 is 5.78. The molecule has 0 radical (unpaired) electrons. The first kappa shape index (κ1) is 37.6. The van der Waals surface area contributed by atoms with E-state index in [0.717, 1.165) is 116 Å². The van der Waals surface area contributed by atoms with E-state index in [2.05, 4.69) is 74.6 Å². The van der Waals surface area contributed by atoms with E-state index < -0.39 is 5.97 Å². The van der Waals surface area contributed by atoms with Gasteiger partial charge in [-0.25, -0.2) is 0 Å². The highest BCUT2D eigenvalue weighted by molar-refractivity contribution is 5.69. The SMILES string of the molecule is CC/C=C\C/C=C\C/C=C\C/C=C\C/C=C\CCCCCC(=O)OC(CCC)CCCCCCCCCC(=O)O. The third-order valence-electron chi connectivity index (χ3n) is 6.73. The van der Waals surface area contributed by atoms with Crippen molar-refractivity contribution < 1.29 is 19.4 Å². The molecule has 0 aromatic heterocycles. The molecule has 228 valence electrons. The molecular weight excluding hydrogens is 496 g/mol. The summed E-state index contributed by atoms with van der Waals surface area (Å²) in [6.07, 6.45) is 42.8. The van der Waals surface area contributed by atoms with Crippen molar-refractivity contribution in [1.82, 2.24) is 0 Å². The Balaban J connectivity index is 3.71. The number of carbonyl (C=O) groups excluding carboxylic acids is 1. The van der Waals surface area contributed by atoms with Gasteiger partial charge in [-0.3, -0.25) is 9.59 Å². The van der Waals surface area contributed by atoms with Crippen LogP contribution in [-0.4, -0.2) is 23.1 Å². The van der Waals surface area contributed by atoms with Crippen LogP contribution in [0, 0.1) is 0 Å². The summed E-state index contributed by atoms with van der Waals surface area (Å²) in [6, 6.07) is 0. The molecule has 0 aromatic carbocycles. The molecule has 0 saturated carbocycles. The number of hydrogen-bond donors (Lipinski definition) is 1. The van der Waals surface area contributed by atoms with Crippen molar-refractivity contribution in [3.63, 3.8) is 0 Å². The topological polar surface area (TPSA) is 63.6 Å². The third kappa shape index (κ3) is 30.2. The molecule has 0 rings (SSSR count). The van der Waals surface area contributed by atoms with E-state index >= 15 is 0 Å². The minimum atomic E-state index is -0.696. The van der Waals surface area contributed by atoms with Crippen LogP contribution in [0.15, 0.2) is 60.8 Å². The van der Waals surface area contributed by atoms with Gasteiger partial charge in [-0.2, -0.15) is 0 Å². The standard InChI is InChI=1S/C36H60O4/c1-3-5-6-7-8-9-10-11-12-13-14-15-16-17-18-19-23-26-29-33-36(39)40-34(30-4-2)31-27-24-21-20-22-25-28-32-35(37)38/h5-6,8-9,11-12,14-15,17-18,34H,3-4,7,10,13,16,19-33H2,1-2H3,(H,37,38)/b6-5-,9-8-,12-11-,15-14-,18-17-. The van der Waals surface area contributed by atoms with Gasteiger partial charge in [0.25, 0.3) is 0 Å². The van der Waals surface area contributed by atoms with E-state index in [1.54, 1.807) is 0 Å². The third-order valence-corrected chi connectivity index (χ3v) is 6.73. The quantitative estimate of drug-likeness (QED) is 0.0591. The highest BCUT2D eigenvalue weighted by Gasteiger charge is 2.13. The molecule has 0 saturated heterocycles. The number of carboxylic acid groups (broad SMARTS) is 1. The minimum absolute atomic E-state index is 0.0354. The van der Waals surface area contributed by atoms with Crippen molar-refractivity contribution in [1.29, 1.82) is 0 Å². The Morgan fingerprint density at radius 2 is 1.05 bits per heavy atom. The lowest BCUT2D eigenvalue weighted by molar-refractivity contribution is -0.150. The fraction of sp³-hybridized carbons (Fsp3) is 0.667. The Bertz CT molecular complexity index is 729. The maximum atomic E-state index is 12.3. The molecule has 0 aliphatic carbocycles. The van der Waals surface area contributed by atoms with Crippen LogP contribution in [0.2, 0.25) is 0 Å². The molecule has 0 aliphatic heterocycles. The van der Waals surface area contributed by atoms with Gasteiger partial charge in [0, 0.05) is 12.8 Å². The number of carboxylic acids is 1. The van der Waals surface area contributed by atoms with E-state index in [-0.39, 0.29) is 18.5 Å². The van der Waals surface area contributed by atoms with E-state index in [1.165, 1.54) is 6.42 Å². The summed E-state index contributed by atoms with van der Waals surface area (Å²) in [4.78, 5) is 22.8. The minimum Gasteiger partial charge on any atom is -0.481 e. The molecule has 0 spiro atoms. The molecule has 0 heterocycles. The van der Waals surface area contributed by atoms with Crippen LogP contribution in [0.1, 0.15) is 149 Å². The van der Waals surface area contributed by atoms with Gasteiger partial charge in [0.1, 0.15) is 6.10 Å². The first-order valence-electron chi connectivity index (χ1n) is 16.3. The summed E-state index contributed by atoms with van der Waals surface area (Å²) >= 11 is 0. The Morgan fingerprint density at radius 3 is 1.60 bits per heavy atom. The van der Waals surface area contributed by atoms with Crippen molar-refractivity contribution in [3.05, 3.63) is 60.8 Å². The van der Waals surface area contributed by atoms with Crippen LogP contribution in [0.4, 0.5) is 0 Å². The average molecular weight is 557 g/mol. The molecule has 1 atom stereocenters. The summed E-state index contributed by atoms with van der Waals surface area (Å²) in [6.45, 7) is 4.30. The number of allylic oxidation sites excluding steroid dienone is 10. The highest BCUT2D eigenvalue weighted by atomic mass is 16.5. The van der Waals surface area contributed by atoms with Gasteiger partial charge in [0.2, 0.25) is 0 Å². The lowest BCUT2D eigenvalue weighted by Crippen LogP contribution is -2.18. The number of esters is 1. The maximum absolute atomic E-state index is 12.3. The van der Waals surface area contributed by atoms with E-state index in [0.29, 0.717) is 6.42 Å². The number of hydrogen-bond acceptors (Lipinski definition) is 3. The van der Waals surface area contributed by atoms with Gasteiger partial charge in [-0.1, -0.05) is 120 Å². The zero-order valence-electron chi connectivity index (χ0n) is 25.9. The molecular formula is C36H60O4. The predicted octanol–water partition coefficient (Wildman–Crippen LogP) is 11.0. The van der Waals surface area contributed by atoms with Crippen molar-refractivity contribution >= 4 is 11.9 Å². The van der Waals surface area contributed by atoms with Gasteiger partial charge in [-0.05, 0) is 77.0 Å². The van der Waals surface area contributed by atoms with Crippen molar-refractivity contribution in [3.8, 4) is 0 Å². The van der Waals surface area contributed by atoms with E-state index in [9.17, 15) is 9.59 Å². The Labute approximate surface area is 246 Å². The average Bonchev–Trinajstić information content (AvgIpc) is 2.93. The summed E-state index contributed by atoms with van der Waals surface area (Å²) in [5.41, 5.74) is 0. The normalized spacial score (nSPS) is 13.1. The molecule has 1 unspecified atom stereocenters. The molecule has 0 bridgehead atoms. The lowest BCUT2D eigenvalue weighted by Gasteiger charge is -2.17. The molecule has 40 heavy (non-hydrogen) atoms. The Kier molecular flexibility index (Phi) is 29.3. The number of aliphatic carboxylic acids is 1. The smallest absolute Gasteiger partial charge is 0.306 e. The highest BCUT2D eigenvalue weighted by Crippen LogP contribution is 2.16. The van der Waals surface area contributed by atoms with Crippen LogP contribution in [-0.2, 0) is 14.3 Å². The molecule has 4 nitrogen and oxygen atoms in total. The van der Waals surface area contributed by atoms with Gasteiger partial charge < -0.3 is 9.84 Å². The first-order chi connectivity index (χ1) is 19.6. The Hall–Kier alpha value is -2.36. The van der Waals surface area contributed by atoms with Crippen molar-refractivity contribution in [2.75, 3.05) is 0 Å². The van der Waals surface area contributed by atoms with Crippen LogP contribution in [0.3, 0.4) is 0 Å². The van der Waals surface area contributed by atoms with Crippen LogP contribution in [0.25, 0.3) is 0 Å². The van der Waals surface area contributed by atoms with Gasteiger partial charge in [0.05, 0.1) is 0 Å². The second kappa shape index (κ2) is 31.2. The van der Waals surface area contributed by atoms with Crippen molar-refractivity contribution in [2.24, 2.45) is 0 Å². The molecule has 0 amide bonds. The van der Waals surface area contributed by atoms with Gasteiger partial charge in [-0.15, -0.1) is 0 Å². The molecule has 4 heteroatoms. The number of carbonyl (C=O) groups is 2. The fourth-order valence-corrected chi connectivity index (χ4v) is 4.44. The van der Waals surface area contributed by atoms with Crippen LogP contribution >= 0.6 is 0 Å². The van der Waals surface area contributed by atoms with Crippen LogP contribution in [0.5, 0.6) is 0 Å². The summed E-state index contributed by atoms with van der Waals surface area (Å²) in [5, 5.41) is 8.67. The second-order valence-corrected chi connectivity index (χ2v) is 10.6.